The van der Waals surface area contributed by atoms with Crippen LogP contribution in [0.5, 0.6) is 5.75 Å². The van der Waals surface area contributed by atoms with Crippen molar-refractivity contribution in [2.24, 2.45) is 0 Å². The number of methoxy groups -OCH3 is 1. The fourth-order valence-corrected chi connectivity index (χ4v) is 1.09. The van der Waals surface area contributed by atoms with Gasteiger partial charge in [-0.2, -0.15) is 13.2 Å². The Kier molecular flexibility index (Phi) is 3.71. The van der Waals surface area contributed by atoms with Crippen molar-refractivity contribution < 1.29 is 22.7 Å². The molecule has 0 atom stereocenters. The van der Waals surface area contributed by atoms with Gasteiger partial charge in [0.15, 0.2) is 6.29 Å². The SMILES string of the molecule is COc1cccc(/C=C(\C=O)C(F)(F)F)c1. The van der Waals surface area contributed by atoms with Crippen LogP contribution in [0.15, 0.2) is 29.8 Å². The summed E-state index contributed by atoms with van der Waals surface area (Å²) in [5.74, 6) is 0.432. The molecular weight excluding hydrogens is 221 g/mol. The molecule has 16 heavy (non-hydrogen) atoms. The van der Waals surface area contributed by atoms with E-state index in [0.717, 1.165) is 6.08 Å². The quantitative estimate of drug-likeness (QED) is 0.589. The molecule has 0 radical (unpaired) electrons. The van der Waals surface area contributed by atoms with E-state index in [9.17, 15) is 18.0 Å². The molecule has 86 valence electrons. The van der Waals surface area contributed by atoms with Crippen LogP contribution in [0, 0.1) is 0 Å². The third-order valence-corrected chi connectivity index (χ3v) is 1.87. The van der Waals surface area contributed by atoms with Crippen LogP contribution < -0.4 is 4.74 Å². The Morgan fingerprint density at radius 1 is 1.38 bits per heavy atom. The zero-order valence-electron chi connectivity index (χ0n) is 8.41. The smallest absolute Gasteiger partial charge is 0.419 e. The standard InChI is InChI=1S/C11H9F3O2/c1-16-10-4-2-3-8(6-10)5-9(7-15)11(12,13)14/h2-7H,1H3/b9-5+. The van der Waals surface area contributed by atoms with E-state index < -0.39 is 11.7 Å². The molecule has 0 aliphatic rings. The summed E-state index contributed by atoms with van der Waals surface area (Å²) in [6.45, 7) is 0. The van der Waals surface area contributed by atoms with Gasteiger partial charge in [0.2, 0.25) is 0 Å². The lowest BCUT2D eigenvalue weighted by Gasteiger charge is -2.05. The number of hydrogen-bond donors (Lipinski definition) is 0. The Bertz CT molecular complexity index is 408. The first kappa shape index (κ1) is 12.3. The topological polar surface area (TPSA) is 26.3 Å². The molecule has 0 saturated heterocycles. The second-order valence-corrected chi connectivity index (χ2v) is 2.99. The van der Waals surface area contributed by atoms with E-state index in [2.05, 4.69) is 0 Å². The first-order valence-electron chi connectivity index (χ1n) is 4.35. The highest BCUT2D eigenvalue weighted by Gasteiger charge is 2.33. The molecule has 1 aromatic carbocycles. The summed E-state index contributed by atoms with van der Waals surface area (Å²) >= 11 is 0. The van der Waals surface area contributed by atoms with Gasteiger partial charge in [0.1, 0.15) is 5.75 Å². The summed E-state index contributed by atoms with van der Waals surface area (Å²) in [6.07, 6.45) is -4.07. The van der Waals surface area contributed by atoms with Gasteiger partial charge in [0.05, 0.1) is 12.7 Å². The average Bonchev–Trinajstić information content (AvgIpc) is 2.24. The largest absolute Gasteiger partial charge is 0.497 e. The number of halogens is 3. The van der Waals surface area contributed by atoms with Gasteiger partial charge in [0.25, 0.3) is 0 Å². The Hall–Kier alpha value is -1.78. The monoisotopic (exact) mass is 230 g/mol. The maximum Gasteiger partial charge on any atom is 0.419 e. The number of aldehydes is 1. The number of allylic oxidation sites excluding steroid dienone is 1. The van der Waals surface area contributed by atoms with E-state index in [1.54, 1.807) is 12.1 Å². The highest BCUT2D eigenvalue weighted by atomic mass is 19.4. The molecule has 1 aromatic rings. The van der Waals surface area contributed by atoms with E-state index in [0.29, 0.717) is 5.75 Å². The predicted octanol–water partition coefficient (Wildman–Crippen LogP) is 2.84. The van der Waals surface area contributed by atoms with Crippen molar-refractivity contribution in [2.75, 3.05) is 7.11 Å². The number of carbonyl (C=O) groups excluding carboxylic acids is 1. The van der Waals surface area contributed by atoms with Gasteiger partial charge in [-0.15, -0.1) is 0 Å². The van der Waals surface area contributed by atoms with Gasteiger partial charge in [0, 0.05) is 0 Å². The third kappa shape index (κ3) is 3.12. The average molecular weight is 230 g/mol. The van der Waals surface area contributed by atoms with E-state index in [1.165, 1.54) is 19.2 Å². The van der Waals surface area contributed by atoms with Crippen LogP contribution in [-0.2, 0) is 4.79 Å². The molecule has 0 aliphatic carbocycles. The molecule has 0 aliphatic heterocycles. The van der Waals surface area contributed by atoms with Crippen LogP contribution in [0.4, 0.5) is 13.2 Å². The lowest BCUT2D eigenvalue weighted by atomic mass is 10.1. The fourth-order valence-electron chi connectivity index (χ4n) is 1.09. The Morgan fingerprint density at radius 3 is 2.56 bits per heavy atom. The van der Waals surface area contributed by atoms with Crippen LogP contribution in [-0.4, -0.2) is 19.6 Å². The van der Waals surface area contributed by atoms with Gasteiger partial charge in [-0.25, -0.2) is 0 Å². The fraction of sp³-hybridized carbons (Fsp3) is 0.182. The summed E-state index contributed by atoms with van der Waals surface area (Å²) in [4.78, 5) is 10.3. The Balaban J connectivity index is 3.09. The van der Waals surface area contributed by atoms with Crippen LogP contribution in [0.25, 0.3) is 6.08 Å². The lowest BCUT2D eigenvalue weighted by Crippen LogP contribution is -2.12. The van der Waals surface area contributed by atoms with Crippen LogP contribution in [0.2, 0.25) is 0 Å². The Labute approximate surface area is 90.3 Å². The molecule has 0 saturated carbocycles. The number of benzene rings is 1. The van der Waals surface area contributed by atoms with Crippen LogP contribution in [0.1, 0.15) is 5.56 Å². The molecule has 5 heteroatoms. The number of carbonyl (C=O) groups is 1. The van der Waals surface area contributed by atoms with E-state index >= 15 is 0 Å². The minimum absolute atomic E-state index is 0.209. The molecule has 0 bridgehead atoms. The first-order valence-corrected chi connectivity index (χ1v) is 4.35. The zero-order valence-corrected chi connectivity index (χ0v) is 8.41. The molecule has 0 spiro atoms. The molecule has 0 unspecified atom stereocenters. The molecule has 2 nitrogen and oxygen atoms in total. The van der Waals surface area contributed by atoms with E-state index in [4.69, 9.17) is 4.74 Å². The zero-order chi connectivity index (χ0) is 12.2. The highest BCUT2D eigenvalue weighted by molar-refractivity contribution is 5.83. The number of hydrogen-bond acceptors (Lipinski definition) is 2. The molecule has 1 rings (SSSR count). The molecule has 0 amide bonds. The van der Waals surface area contributed by atoms with Gasteiger partial charge in [-0.3, -0.25) is 4.79 Å². The molecule has 0 heterocycles. The number of alkyl halides is 3. The van der Waals surface area contributed by atoms with Crippen LogP contribution in [0.3, 0.4) is 0 Å². The van der Waals surface area contributed by atoms with E-state index in [1.807, 2.05) is 0 Å². The van der Waals surface area contributed by atoms with Crippen molar-refractivity contribution in [1.29, 1.82) is 0 Å². The maximum absolute atomic E-state index is 12.3. The number of rotatable bonds is 3. The van der Waals surface area contributed by atoms with Crippen molar-refractivity contribution in [3.05, 3.63) is 35.4 Å². The van der Waals surface area contributed by atoms with Gasteiger partial charge in [-0.05, 0) is 23.8 Å². The second kappa shape index (κ2) is 4.83. The lowest BCUT2D eigenvalue weighted by molar-refractivity contribution is -0.118. The maximum atomic E-state index is 12.3. The van der Waals surface area contributed by atoms with Crippen molar-refractivity contribution >= 4 is 12.4 Å². The highest BCUT2D eigenvalue weighted by Crippen LogP contribution is 2.26. The third-order valence-electron chi connectivity index (χ3n) is 1.87. The second-order valence-electron chi connectivity index (χ2n) is 2.99. The summed E-state index contributed by atoms with van der Waals surface area (Å²) in [5, 5.41) is 0. The Morgan fingerprint density at radius 2 is 2.06 bits per heavy atom. The van der Waals surface area contributed by atoms with Gasteiger partial charge in [-0.1, -0.05) is 12.1 Å². The van der Waals surface area contributed by atoms with Gasteiger partial charge < -0.3 is 4.74 Å². The summed E-state index contributed by atoms with van der Waals surface area (Å²) < 4.78 is 41.6. The predicted molar refractivity (Wildman–Crippen MR) is 53.1 cm³/mol. The minimum Gasteiger partial charge on any atom is -0.497 e. The normalized spacial score (nSPS) is 12.4. The molecular formula is C11H9F3O2. The van der Waals surface area contributed by atoms with Crippen LogP contribution >= 0.6 is 0 Å². The van der Waals surface area contributed by atoms with Crippen molar-refractivity contribution in [3.63, 3.8) is 0 Å². The van der Waals surface area contributed by atoms with E-state index in [-0.39, 0.29) is 11.8 Å². The van der Waals surface area contributed by atoms with Gasteiger partial charge >= 0.3 is 6.18 Å². The summed E-state index contributed by atoms with van der Waals surface area (Å²) in [7, 11) is 1.41. The number of ether oxygens (including phenoxy) is 1. The summed E-state index contributed by atoms with van der Waals surface area (Å²) in [6, 6.07) is 6.02. The summed E-state index contributed by atoms with van der Waals surface area (Å²) in [5.41, 5.74) is -0.959. The first-order chi connectivity index (χ1) is 7.47. The van der Waals surface area contributed by atoms with Crippen molar-refractivity contribution in [1.82, 2.24) is 0 Å². The van der Waals surface area contributed by atoms with Crippen molar-refractivity contribution in [3.8, 4) is 5.75 Å². The molecule has 0 aromatic heterocycles. The molecule has 0 fully saturated rings. The minimum atomic E-state index is -4.63. The van der Waals surface area contributed by atoms with Crippen molar-refractivity contribution in [2.45, 2.75) is 6.18 Å². The molecule has 0 N–H and O–H groups in total.